The average Bonchev–Trinajstić information content (AvgIpc) is 3.47. The number of hydrogen-bond acceptors (Lipinski definition) is 4. The van der Waals surface area contributed by atoms with Crippen molar-refractivity contribution in [2.24, 2.45) is 0 Å². The van der Waals surface area contributed by atoms with E-state index >= 15 is 0 Å². The van der Waals surface area contributed by atoms with Crippen molar-refractivity contribution in [2.75, 3.05) is 13.2 Å². The van der Waals surface area contributed by atoms with Crippen LogP contribution in [0.3, 0.4) is 0 Å². The van der Waals surface area contributed by atoms with E-state index in [-0.39, 0.29) is 12.0 Å². The smallest absolute Gasteiger partial charge is 0.254 e. The summed E-state index contributed by atoms with van der Waals surface area (Å²) in [6, 6.07) is 19.6. The standard InChI is InChI=1S/C28H29N3O3/c1-19-20(2)30-27-11-8-22(15-26(19)27)28(32)31(17-23-5-3-4-13-29-23)16-21-6-9-24(10-7-21)34-25-12-14-33-18-25/h3-11,13,15,25,30H,12,14,16-18H2,1-2H3/t25-/m0/s1. The Kier molecular flexibility index (Phi) is 6.32. The van der Waals surface area contributed by atoms with E-state index in [1.807, 2.05) is 65.6 Å². The molecule has 6 nitrogen and oxygen atoms in total. The number of carbonyl (C=O) groups excluding carboxylic acids is 1. The maximum absolute atomic E-state index is 13.7. The van der Waals surface area contributed by atoms with Crippen LogP contribution >= 0.6 is 0 Å². The second-order valence-electron chi connectivity index (χ2n) is 8.87. The summed E-state index contributed by atoms with van der Waals surface area (Å²) in [6.45, 7) is 6.43. The lowest BCUT2D eigenvalue weighted by Crippen LogP contribution is -2.30. The first-order chi connectivity index (χ1) is 16.6. The molecule has 4 aromatic rings. The summed E-state index contributed by atoms with van der Waals surface area (Å²) < 4.78 is 11.4. The molecule has 1 aliphatic heterocycles. The summed E-state index contributed by atoms with van der Waals surface area (Å²) in [5, 5.41) is 1.08. The van der Waals surface area contributed by atoms with Gasteiger partial charge in [0.05, 0.1) is 25.5 Å². The summed E-state index contributed by atoms with van der Waals surface area (Å²) in [4.78, 5) is 23.3. The van der Waals surface area contributed by atoms with Gasteiger partial charge in [0.15, 0.2) is 0 Å². The third kappa shape index (κ3) is 4.82. The fourth-order valence-electron chi connectivity index (χ4n) is 4.36. The molecule has 1 N–H and O–H groups in total. The number of aromatic amines is 1. The average molecular weight is 456 g/mol. The van der Waals surface area contributed by atoms with Crippen LogP contribution in [-0.4, -0.2) is 40.1 Å². The topological polar surface area (TPSA) is 67.5 Å². The number of amides is 1. The van der Waals surface area contributed by atoms with Gasteiger partial charge in [-0.15, -0.1) is 0 Å². The summed E-state index contributed by atoms with van der Waals surface area (Å²) in [6.07, 6.45) is 2.79. The molecule has 174 valence electrons. The molecule has 1 amide bonds. The molecule has 3 heterocycles. The number of aromatic nitrogens is 2. The number of fused-ring (bicyclic) bond motifs is 1. The van der Waals surface area contributed by atoms with Crippen molar-refractivity contribution in [3.05, 3.63) is 94.9 Å². The number of rotatable bonds is 7. The normalized spacial score (nSPS) is 15.5. The van der Waals surface area contributed by atoms with Crippen LogP contribution < -0.4 is 4.74 Å². The Morgan fingerprint density at radius 1 is 1.12 bits per heavy atom. The van der Waals surface area contributed by atoms with Crippen molar-refractivity contribution in [1.29, 1.82) is 0 Å². The van der Waals surface area contributed by atoms with Crippen LogP contribution in [0.15, 0.2) is 66.9 Å². The number of carbonyl (C=O) groups is 1. The van der Waals surface area contributed by atoms with Gasteiger partial charge in [-0.05, 0) is 67.4 Å². The number of pyridine rings is 1. The van der Waals surface area contributed by atoms with Crippen LogP contribution in [0.1, 0.15) is 39.3 Å². The number of nitrogens with one attached hydrogen (secondary N) is 1. The predicted octanol–water partition coefficient (Wildman–Crippen LogP) is 5.19. The molecule has 1 saturated heterocycles. The van der Waals surface area contributed by atoms with Crippen molar-refractivity contribution in [1.82, 2.24) is 14.9 Å². The highest BCUT2D eigenvalue weighted by Crippen LogP contribution is 2.24. The number of ether oxygens (including phenoxy) is 2. The number of nitrogens with zero attached hydrogens (tertiary/aromatic N) is 2. The third-order valence-corrected chi connectivity index (χ3v) is 6.41. The maximum Gasteiger partial charge on any atom is 0.254 e. The van der Waals surface area contributed by atoms with Crippen molar-refractivity contribution in [3.63, 3.8) is 0 Å². The Morgan fingerprint density at radius 2 is 1.97 bits per heavy atom. The Hall–Kier alpha value is -3.64. The van der Waals surface area contributed by atoms with Gasteiger partial charge in [0.25, 0.3) is 5.91 Å². The minimum Gasteiger partial charge on any atom is -0.488 e. The quantitative estimate of drug-likeness (QED) is 0.416. The van der Waals surface area contributed by atoms with Crippen molar-refractivity contribution < 1.29 is 14.3 Å². The van der Waals surface area contributed by atoms with E-state index in [0.29, 0.717) is 25.3 Å². The van der Waals surface area contributed by atoms with Crippen LogP contribution in [0, 0.1) is 13.8 Å². The summed E-state index contributed by atoms with van der Waals surface area (Å²) in [5.74, 6) is 0.805. The highest BCUT2D eigenvalue weighted by atomic mass is 16.5. The van der Waals surface area contributed by atoms with E-state index in [4.69, 9.17) is 9.47 Å². The Bertz CT molecular complexity index is 1280. The summed E-state index contributed by atoms with van der Waals surface area (Å²) in [7, 11) is 0. The maximum atomic E-state index is 13.7. The van der Waals surface area contributed by atoms with Gasteiger partial charge in [0, 0.05) is 41.3 Å². The van der Waals surface area contributed by atoms with E-state index in [9.17, 15) is 4.79 Å². The second kappa shape index (κ2) is 9.69. The number of hydrogen-bond donors (Lipinski definition) is 1. The summed E-state index contributed by atoms with van der Waals surface area (Å²) in [5.41, 5.74) is 5.90. The fraction of sp³-hybridized carbons (Fsp3) is 0.286. The van der Waals surface area contributed by atoms with Crippen molar-refractivity contribution in [2.45, 2.75) is 39.5 Å². The highest BCUT2D eigenvalue weighted by Gasteiger charge is 2.20. The Labute approximate surface area is 199 Å². The van der Waals surface area contributed by atoms with Crippen LogP contribution in [-0.2, 0) is 17.8 Å². The SMILES string of the molecule is Cc1[nH]c2ccc(C(=O)N(Cc3ccc(O[C@H]4CCOC4)cc3)Cc3ccccn3)cc2c1C. The molecule has 34 heavy (non-hydrogen) atoms. The molecule has 0 unspecified atom stereocenters. The lowest BCUT2D eigenvalue weighted by atomic mass is 10.1. The number of aryl methyl sites for hydroxylation is 2. The number of H-pyrrole nitrogens is 1. The molecule has 0 aliphatic carbocycles. The molecule has 2 aromatic carbocycles. The van der Waals surface area contributed by atoms with Gasteiger partial charge in [0.1, 0.15) is 11.9 Å². The molecule has 0 saturated carbocycles. The minimum atomic E-state index is -0.0192. The Balaban J connectivity index is 1.38. The predicted molar refractivity (Wildman–Crippen MR) is 132 cm³/mol. The van der Waals surface area contributed by atoms with E-state index in [1.165, 1.54) is 5.56 Å². The molecule has 0 bridgehead atoms. The first-order valence-electron chi connectivity index (χ1n) is 11.7. The van der Waals surface area contributed by atoms with Gasteiger partial charge in [0.2, 0.25) is 0 Å². The van der Waals surface area contributed by atoms with Gasteiger partial charge in [-0.2, -0.15) is 0 Å². The van der Waals surface area contributed by atoms with Crippen molar-refractivity contribution >= 4 is 16.8 Å². The zero-order valence-corrected chi connectivity index (χ0v) is 19.6. The fourth-order valence-corrected chi connectivity index (χ4v) is 4.36. The van der Waals surface area contributed by atoms with Gasteiger partial charge < -0.3 is 19.4 Å². The van der Waals surface area contributed by atoms with E-state index < -0.39 is 0 Å². The molecular weight excluding hydrogens is 426 g/mol. The molecule has 0 radical (unpaired) electrons. The lowest BCUT2D eigenvalue weighted by molar-refractivity contribution is 0.0728. The second-order valence-corrected chi connectivity index (χ2v) is 8.87. The van der Waals surface area contributed by atoms with E-state index in [0.717, 1.165) is 46.6 Å². The van der Waals surface area contributed by atoms with Gasteiger partial charge in [-0.3, -0.25) is 9.78 Å². The summed E-state index contributed by atoms with van der Waals surface area (Å²) >= 11 is 0. The van der Waals surface area contributed by atoms with Gasteiger partial charge in [-0.25, -0.2) is 0 Å². The van der Waals surface area contributed by atoms with Crippen LogP contribution in [0.5, 0.6) is 5.75 Å². The Morgan fingerprint density at radius 3 is 2.71 bits per heavy atom. The zero-order valence-electron chi connectivity index (χ0n) is 19.6. The van der Waals surface area contributed by atoms with Gasteiger partial charge >= 0.3 is 0 Å². The molecule has 1 atom stereocenters. The number of benzene rings is 2. The zero-order chi connectivity index (χ0) is 23.5. The first-order valence-corrected chi connectivity index (χ1v) is 11.7. The van der Waals surface area contributed by atoms with E-state index in [1.54, 1.807) is 6.20 Å². The molecule has 6 heteroatoms. The molecule has 1 aliphatic rings. The van der Waals surface area contributed by atoms with Crippen LogP contribution in [0.2, 0.25) is 0 Å². The van der Waals surface area contributed by atoms with E-state index in [2.05, 4.69) is 23.8 Å². The van der Waals surface area contributed by atoms with Crippen molar-refractivity contribution in [3.8, 4) is 5.75 Å². The molecule has 1 fully saturated rings. The lowest BCUT2D eigenvalue weighted by Gasteiger charge is -2.23. The molecule has 0 spiro atoms. The molecule has 2 aromatic heterocycles. The molecule has 5 rings (SSSR count). The third-order valence-electron chi connectivity index (χ3n) is 6.41. The minimum absolute atomic E-state index is 0.0192. The van der Waals surface area contributed by atoms with Gasteiger partial charge in [-0.1, -0.05) is 18.2 Å². The monoisotopic (exact) mass is 455 g/mol. The van der Waals surface area contributed by atoms with Crippen LogP contribution in [0.25, 0.3) is 10.9 Å². The first kappa shape index (κ1) is 22.2. The highest BCUT2D eigenvalue weighted by molar-refractivity contribution is 5.99. The van der Waals surface area contributed by atoms with Crippen LogP contribution in [0.4, 0.5) is 0 Å². The largest absolute Gasteiger partial charge is 0.488 e. The molecular formula is C28H29N3O3.